The molecule has 3 heteroatoms. The first kappa shape index (κ1) is 21.6. The van der Waals surface area contributed by atoms with E-state index in [1.54, 1.807) is 0 Å². The van der Waals surface area contributed by atoms with Crippen LogP contribution in [0.2, 0.25) is 0 Å². The van der Waals surface area contributed by atoms with Crippen molar-refractivity contribution in [3.05, 3.63) is 89.5 Å². The largest absolute Gasteiger partial charge is 0.377 e. The molecule has 3 aromatic rings. The van der Waals surface area contributed by atoms with Crippen LogP contribution in [-0.2, 0) is 22.2 Å². The maximum atomic E-state index is 5.84. The number of rotatable bonds is 9. The van der Waals surface area contributed by atoms with E-state index in [9.17, 15) is 0 Å². The van der Waals surface area contributed by atoms with Gasteiger partial charge in [-0.1, -0.05) is 47.5 Å². The Labute approximate surface area is 178 Å². The molecule has 0 aliphatic heterocycles. The summed E-state index contributed by atoms with van der Waals surface area (Å²) in [5.74, 6) is 0. The Bertz CT molecular complexity index is 825. The predicted octanol–water partition coefficient (Wildman–Crippen LogP) is 5.87. The first-order valence-corrected chi connectivity index (χ1v) is 11.4. The maximum absolute atomic E-state index is 5.84. The van der Waals surface area contributed by atoms with Crippen LogP contribution in [0.4, 0.5) is 0 Å². The highest BCUT2D eigenvalue weighted by molar-refractivity contribution is 7.97. The Morgan fingerprint density at radius 3 is 1.59 bits per heavy atom. The molecule has 152 valence electrons. The van der Waals surface area contributed by atoms with Crippen LogP contribution in [0.5, 0.6) is 0 Å². The van der Waals surface area contributed by atoms with Crippen molar-refractivity contribution < 1.29 is 4.74 Å². The molecule has 0 radical (unpaired) electrons. The minimum absolute atomic E-state index is 0.0998. The van der Waals surface area contributed by atoms with Gasteiger partial charge in [0.1, 0.15) is 0 Å². The van der Waals surface area contributed by atoms with Gasteiger partial charge in [-0.05, 0) is 82.9 Å². The first-order valence-electron chi connectivity index (χ1n) is 10.2. The van der Waals surface area contributed by atoms with Gasteiger partial charge < -0.3 is 9.64 Å². The van der Waals surface area contributed by atoms with Crippen molar-refractivity contribution >= 4 is 10.9 Å². The quantitative estimate of drug-likeness (QED) is 0.326. The second-order valence-corrected chi connectivity index (χ2v) is 9.81. The highest BCUT2D eigenvalue weighted by atomic mass is 32.2. The Morgan fingerprint density at radius 2 is 1.14 bits per heavy atom. The van der Waals surface area contributed by atoms with Gasteiger partial charge in [0.05, 0.1) is 17.5 Å². The summed E-state index contributed by atoms with van der Waals surface area (Å²) in [7, 11) is 4.09. The van der Waals surface area contributed by atoms with Crippen LogP contribution >= 0.6 is 0 Å². The monoisotopic (exact) mass is 406 g/mol. The van der Waals surface area contributed by atoms with Gasteiger partial charge in [0.25, 0.3) is 0 Å². The number of aryl methyl sites for hydroxylation is 2. The van der Waals surface area contributed by atoms with E-state index in [1.807, 2.05) is 0 Å². The smallest absolute Gasteiger partial charge is 0.166 e. The molecule has 3 aromatic carbocycles. The van der Waals surface area contributed by atoms with E-state index in [0.29, 0.717) is 6.61 Å². The van der Waals surface area contributed by atoms with Gasteiger partial charge in [-0.15, -0.1) is 0 Å². The molecule has 0 aromatic heterocycles. The minimum Gasteiger partial charge on any atom is -0.377 e. The molecule has 0 amide bonds. The number of ether oxygens (including phenoxy) is 1. The molecule has 3 rings (SSSR count). The van der Waals surface area contributed by atoms with Gasteiger partial charge in [-0.2, -0.15) is 0 Å². The van der Waals surface area contributed by atoms with Crippen molar-refractivity contribution in [3.8, 4) is 0 Å². The number of hydrogen-bond donors (Lipinski definition) is 0. The molecule has 0 fully saturated rings. The van der Waals surface area contributed by atoms with Crippen LogP contribution in [0.1, 0.15) is 23.1 Å². The summed E-state index contributed by atoms with van der Waals surface area (Å²) in [4.78, 5) is 6.24. The van der Waals surface area contributed by atoms with E-state index < -0.39 is 0 Å². The molecule has 0 aliphatic rings. The topological polar surface area (TPSA) is 12.5 Å². The molecule has 0 saturated heterocycles. The van der Waals surface area contributed by atoms with E-state index in [1.165, 1.54) is 31.4 Å². The van der Waals surface area contributed by atoms with Crippen molar-refractivity contribution in [2.45, 2.75) is 41.6 Å². The lowest BCUT2D eigenvalue weighted by atomic mass is 10.2. The third-order valence-corrected chi connectivity index (χ3v) is 7.07. The number of nitrogens with zero attached hydrogens (tertiary/aromatic N) is 1. The van der Waals surface area contributed by atoms with E-state index in [0.717, 1.165) is 19.6 Å². The van der Waals surface area contributed by atoms with E-state index in [2.05, 4.69) is 106 Å². The normalized spacial score (nSPS) is 11.4. The molecule has 0 aliphatic carbocycles. The molecule has 0 saturated carbocycles. The van der Waals surface area contributed by atoms with Gasteiger partial charge in [0, 0.05) is 6.61 Å². The van der Waals surface area contributed by atoms with E-state index >= 15 is 0 Å². The fourth-order valence-electron chi connectivity index (χ4n) is 3.15. The van der Waals surface area contributed by atoms with Crippen molar-refractivity contribution in [2.75, 3.05) is 27.2 Å². The van der Waals surface area contributed by atoms with E-state index in [-0.39, 0.29) is 10.9 Å². The predicted molar refractivity (Wildman–Crippen MR) is 124 cm³/mol. The molecule has 2 nitrogen and oxygen atoms in total. The standard InChI is InChI=1S/C26H32NOS/c1-21-6-12-24(13-7-21)29(25-14-8-22(2)9-15-25)26-16-10-23(11-17-26)20-28-19-5-18-27(3)4/h6-17H,5,18-20H2,1-4H3/q+1. The lowest BCUT2D eigenvalue weighted by Crippen LogP contribution is -2.14. The Morgan fingerprint density at radius 1 is 0.690 bits per heavy atom. The fraction of sp³-hybridized carbons (Fsp3) is 0.308. The summed E-state index contributed by atoms with van der Waals surface area (Å²) in [6.45, 7) is 6.82. The van der Waals surface area contributed by atoms with Crippen LogP contribution in [0.15, 0.2) is 87.5 Å². The average molecular weight is 407 g/mol. The highest BCUT2D eigenvalue weighted by Gasteiger charge is 2.28. The molecule has 0 N–H and O–H groups in total. The number of benzene rings is 3. The highest BCUT2D eigenvalue weighted by Crippen LogP contribution is 2.31. The number of hydrogen-bond acceptors (Lipinski definition) is 2. The summed E-state index contributed by atoms with van der Waals surface area (Å²) < 4.78 is 5.84. The molecular weight excluding hydrogens is 374 g/mol. The molecule has 29 heavy (non-hydrogen) atoms. The van der Waals surface area contributed by atoms with Gasteiger partial charge in [-0.25, -0.2) is 0 Å². The Hall–Kier alpha value is -2.07. The summed E-state index contributed by atoms with van der Waals surface area (Å²) in [5, 5.41) is 0. The summed E-state index contributed by atoms with van der Waals surface area (Å²) in [6.07, 6.45) is 1.06. The third kappa shape index (κ3) is 6.46. The second-order valence-electron chi connectivity index (χ2n) is 7.79. The van der Waals surface area contributed by atoms with Crippen molar-refractivity contribution in [1.82, 2.24) is 4.90 Å². The summed E-state index contributed by atoms with van der Waals surface area (Å²) in [6, 6.07) is 26.8. The van der Waals surface area contributed by atoms with Crippen LogP contribution in [-0.4, -0.2) is 32.1 Å². The summed E-state index contributed by atoms with van der Waals surface area (Å²) in [5.41, 5.74) is 3.82. The second kappa shape index (κ2) is 10.6. The zero-order valence-corrected chi connectivity index (χ0v) is 18.8. The first-order chi connectivity index (χ1) is 14.0. The SMILES string of the molecule is Cc1ccc([S+](c2ccc(C)cc2)c2ccc(COCCCN(C)C)cc2)cc1. The lowest BCUT2D eigenvalue weighted by molar-refractivity contribution is 0.113. The van der Waals surface area contributed by atoms with Crippen LogP contribution < -0.4 is 0 Å². The average Bonchev–Trinajstić information content (AvgIpc) is 2.71. The summed E-state index contributed by atoms with van der Waals surface area (Å²) >= 11 is 0. The van der Waals surface area contributed by atoms with Crippen LogP contribution in [0.3, 0.4) is 0 Å². The van der Waals surface area contributed by atoms with Gasteiger partial charge in [-0.3, -0.25) is 0 Å². The Kier molecular flexibility index (Phi) is 7.93. The van der Waals surface area contributed by atoms with Crippen molar-refractivity contribution in [2.24, 2.45) is 0 Å². The van der Waals surface area contributed by atoms with E-state index in [4.69, 9.17) is 4.74 Å². The molecule has 0 atom stereocenters. The van der Waals surface area contributed by atoms with Crippen molar-refractivity contribution in [3.63, 3.8) is 0 Å². The Balaban J connectivity index is 1.75. The lowest BCUT2D eigenvalue weighted by Gasteiger charge is -2.11. The van der Waals surface area contributed by atoms with Gasteiger partial charge in [0.2, 0.25) is 0 Å². The van der Waals surface area contributed by atoms with Crippen LogP contribution in [0.25, 0.3) is 0 Å². The molecule has 0 bridgehead atoms. The molecular formula is C26H32NOS+. The molecule has 0 heterocycles. The zero-order valence-electron chi connectivity index (χ0n) is 18.0. The fourth-order valence-corrected chi connectivity index (χ4v) is 5.19. The van der Waals surface area contributed by atoms with Crippen LogP contribution in [0, 0.1) is 13.8 Å². The van der Waals surface area contributed by atoms with Crippen molar-refractivity contribution in [1.29, 1.82) is 0 Å². The minimum atomic E-state index is -0.0998. The van der Waals surface area contributed by atoms with Gasteiger partial charge >= 0.3 is 0 Å². The molecule has 0 unspecified atom stereocenters. The third-order valence-electron chi connectivity index (χ3n) is 4.84. The van der Waals surface area contributed by atoms with Gasteiger partial charge in [0.15, 0.2) is 14.7 Å². The molecule has 0 spiro atoms. The zero-order chi connectivity index (χ0) is 20.6. The maximum Gasteiger partial charge on any atom is 0.166 e.